The van der Waals surface area contributed by atoms with Crippen molar-refractivity contribution in [3.63, 3.8) is 0 Å². The third kappa shape index (κ3) is 3.66. The summed E-state index contributed by atoms with van der Waals surface area (Å²) >= 11 is 3.37. The third-order valence-electron chi connectivity index (χ3n) is 2.77. The number of rotatable bonds is 5. The molecule has 106 valence electrons. The van der Waals surface area contributed by atoms with Crippen molar-refractivity contribution in [3.8, 4) is 0 Å². The predicted octanol–water partition coefficient (Wildman–Crippen LogP) is 2.41. The van der Waals surface area contributed by atoms with Crippen molar-refractivity contribution in [2.75, 3.05) is 13.6 Å². The van der Waals surface area contributed by atoms with Crippen LogP contribution in [0.5, 0.6) is 0 Å². The maximum Gasteiger partial charge on any atom is 0.243 e. The van der Waals surface area contributed by atoms with Gasteiger partial charge in [-0.25, -0.2) is 8.42 Å². The van der Waals surface area contributed by atoms with E-state index in [-0.39, 0.29) is 4.90 Å². The van der Waals surface area contributed by atoms with Gasteiger partial charge in [0.15, 0.2) is 0 Å². The summed E-state index contributed by atoms with van der Waals surface area (Å²) in [5.41, 5.74) is 7.85. The van der Waals surface area contributed by atoms with Gasteiger partial charge in [-0.3, -0.25) is 0 Å². The standard InChI is InChI=1S/C13H19BrN2O2S/c1-9(2)8-16(4)19(17,18)13-6-11(7-15)5-12(14)10(13)3/h5-6H,1,7-8,15H2,2-4H3. The first-order chi connectivity index (χ1) is 8.70. The molecule has 0 aliphatic rings. The van der Waals surface area contributed by atoms with Gasteiger partial charge in [-0.05, 0) is 37.1 Å². The Labute approximate surface area is 123 Å². The van der Waals surface area contributed by atoms with Crippen LogP contribution in [-0.4, -0.2) is 26.3 Å². The van der Waals surface area contributed by atoms with Gasteiger partial charge in [0, 0.05) is 24.6 Å². The van der Waals surface area contributed by atoms with Crippen LogP contribution in [0, 0.1) is 6.92 Å². The molecule has 1 aromatic carbocycles. The number of hydrogen-bond donors (Lipinski definition) is 1. The lowest BCUT2D eigenvalue weighted by atomic mass is 10.1. The Morgan fingerprint density at radius 2 is 2.05 bits per heavy atom. The zero-order chi connectivity index (χ0) is 14.8. The number of benzene rings is 1. The summed E-state index contributed by atoms with van der Waals surface area (Å²) < 4.78 is 27.1. The summed E-state index contributed by atoms with van der Waals surface area (Å²) in [5.74, 6) is 0. The molecule has 6 heteroatoms. The first-order valence-electron chi connectivity index (χ1n) is 5.80. The zero-order valence-corrected chi connectivity index (χ0v) is 13.8. The Balaban J connectivity index is 3.35. The van der Waals surface area contributed by atoms with E-state index in [0.717, 1.165) is 15.6 Å². The SMILES string of the molecule is C=C(C)CN(C)S(=O)(=O)c1cc(CN)cc(Br)c1C. The zero-order valence-electron chi connectivity index (χ0n) is 11.4. The van der Waals surface area contributed by atoms with Gasteiger partial charge in [-0.1, -0.05) is 28.1 Å². The van der Waals surface area contributed by atoms with Crippen LogP contribution in [0.25, 0.3) is 0 Å². The number of likely N-dealkylation sites (N-methyl/N-ethyl adjacent to an activating group) is 1. The van der Waals surface area contributed by atoms with E-state index in [1.165, 1.54) is 4.31 Å². The van der Waals surface area contributed by atoms with Crippen LogP contribution in [0.15, 0.2) is 33.7 Å². The molecule has 0 heterocycles. The Hall–Kier alpha value is -0.690. The van der Waals surface area contributed by atoms with E-state index in [4.69, 9.17) is 5.73 Å². The summed E-state index contributed by atoms with van der Waals surface area (Å²) in [7, 11) is -1.98. The van der Waals surface area contributed by atoms with Gasteiger partial charge in [0.25, 0.3) is 0 Å². The van der Waals surface area contributed by atoms with Crippen molar-refractivity contribution in [1.29, 1.82) is 0 Å². The van der Waals surface area contributed by atoms with E-state index >= 15 is 0 Å². The van der Waals surface area contributed by atoms with E-state index in [2.05, 4.69) is 22.5 Å². The van der Waals surface area contributed by atoms with E-state index in [0.29, 0.717) is 18.7 Å². The number of hydrogen-bond acceptors (Lipinski definition) is 3. The Kier molecular flexibility index (Phi) is 5.32. The Bertz CT molecular complexity index is 597. The van der Waals surface area contributed by atoms with Gasteiger partial charge in [-0.2, -0.15) is 4.31 Å². The normalized spacial score (nSPS) is 11.9. The minimum atomic E-state index is -3.53. The van der Waals surface area contributed by atoms with E-state index in [1.54, 1.807) is 27.0 Å². The maximum atomic E-state index is 12.5. The molecule has 0 bridgehead atoms. The van der Waals surface area contributed by atoms with Crippen molar-refractivity contribution in [3.05, 3.63) is 39.9 Å². The van der Waals surface area contributed by atoms with Gasteiger partial charge < -0.3 is 5.73 Å². The highest BCUT2D eigenvalue weighted by Gasteiger charge is 2.24. The number of nitrogens with zero attached hydrogens (tertiary/aromatic N) is 1. The van der Waals surface area contributed by atoms with E-state index < -0.39 is 10.0 Å². The van der Waals surface area contributed by atoms with Crippen molar-refractivity contribution in [2.45, 2.75) is 25.3 Å². The molecule has 2 N–H and O–H groups in total. The molecule has 0 aromatic heterocycles. The van der Waals surface area contributed by atoms with Crippen LogP contribution in [0.3, 0.4) is 0 Å². The fourth-order valence-electron chi connectivity index (χ4n) is 1.73. The van der Waals surface area contributed by atoms with Crippen LogP contribution in [0.1, 0.15) is 18.1 Å². The van der Waals surface area contributed by atoms with Gasteiger partial charge in [0.05, 0.1) is 4.90 Å². The second kappa shape index (κ2) is 6.17. The molecule has 0 atom stereocenters. The minimum absolute atomic E-state index is 0.283. The molecule has 0 radical (unpaired) electrons. The number of halogens is 1. The molecule has 0 fully saturated rings. The summed E-state index contributed by atoms with van der Waals surface area (Å²) in [4.78, 5) is 0.283. The smallest absolute Gasteiger partial charge is 0.243 e. The summed E-state index contributed by atoms with van der Waals surface area (Å²) in [6.45, 7) is 7.90. The molecule has 0 aliphatic heterocycles. The molecular weight excluding hydrogens is 328 g/mol. The average Bonchev–Trinajstić information content (AvgIpc) is 2.31. The summed E-state index contributed by atoms with van der Waals surface area (Å²) in [6.07, 6.45) is 0. The molecule has 1 rings (SSSR count). The van der Waals surface area contributed by atoms with Crippen LogP contribution >= 0.6 is 15.9 Å². The predicted molar refractivity (Wildman–Crippen MR) is 81.4 cm³/mol. The minimum Gasteiger partial charge on any atom is -0.326 e. The van der Waals surface area contributed by atoms with Gasteiger partial charge in [-0.15, -0.1) is 0 Å². The highest BCUT2D eigenvalue weighted by atomic mass is 79.9. The lowest BCUT2D eigenvalue weighted by Crippen LogP contribution is -2.29. The van der Waals surface area contributed by atoms with Crippen molar-refractivity contribution in [1.82, 2.24) is 4.31 Å². The number of sulfonamides is 1. The monoisotopic (exact) mass is 346 g/mol. The molecular formula is C13H19BrN2O2S. The van der Waals surface area contributed by atoms with Crippen LogP contribution in [0.2, 0.25) is 0 Å². The first-order valence-corrected chi connectivity index (χ1v) is 8.03. The second-order valence-corrected chi connectivity index (χ2v) is 7.49. The lowest BCUT2D eigenvalue weighted by molar-refractivity contribution is 0.492. The Morgan fingerprint density at radius 1 is 1.47 bits per heavy atom. The molecule has 0 saturated carbocycles. The fourth-order valence-corrected chi connectivity index (χ4v) is 3.89. The molecule has 0 unspecified atom stereocenters. The third-order valence-corrected chi connectivity index (χ3v) is 5.53. The first kappa shape index (κ1) is 16.4. The molecule has 0 saturated heterocycles. The number of nitrogens with two attached hydrogens (primary N) is 1. The second-order valence-electron chi connectivity index (χ2n) is 4.62. The molecule has 19 heavy (non-hydrogen) atoms. The van der Waals surface area contributed by atoms with Crippen LogP contribution < -0.4 is 5.73 Å². The molecule has 1 aromatic rings. The van der Waals surface area contributed by atoms with E-state index in [1.807, 2.05) is 6.07 Å². The average molecular weight is 347 g/mol. The molecule has 0 aliphatic carbocycles. The summed E-state index contributed by atoms with van der Waals surface area (Å²) in [6, 6.07) is 3.47. The van der Waals surface area contributed by atoms with Crippen LogP contribution in [0.4, 0.5) is 0 Å². The quantitative estimate of drug-likeness (QED) is 0.832. The maximum absolute atomic E-state index is 12.5. The lowest BCUT2D eigenvalue weighted by Gasteiger charge is -2.19. The highest BCUT2D eigenvalue weighted by molar-refractivity contribution is 9.10. The van der Waals surface area contributed by atoms with E-state index in [9.17, 15) is 8.42 Å². The highest BCUT2D eigenvalue weighted by Crippen LogP contribution is 2.27. The topological polar surface area (TPSA) is 63.4 Å². The van der Waals surface area contributed by atoms with Gasteiger partial charge in [0.2, 0.25) is 10.0 Å². The van der Waals surface area contributed by atoms with Crippen LogP contribution in [-0.2, 0) is 16.6 Å². The largest absolute Gasteiger partial charge is 0.326 e. The summed E-state index contributed by atoms with van der Waals surface area (Å²) in [5, 5.41) is 0. The molecule has 0 amide bonds. The van der Waals surface area contributed by atoms with Gasteiger partial charge >= 0.3 is 0 Å². The molecule has 4 nitrogen and oxygen atoms in total. The van der Waals surface area contributed by atoms with Crippen molar-refractivity contribution in [2.24, 2.45) is 5.73 Å². The molecule has 0 spiro atoms. The van der Waals surface area contributed by atoms with Gasteiger partial charge in [0.1, 0.15) is 0 Å². The van der Waals surface area contributed by atoms with Crippen molar-refractivity contribution >= 4 is 26.0 Å². The fraction of sp³-hybridized carbons (Fsp3) is 0.385. The Morgan fingerprint density at radius 3 is 2.53 bits per heavy atom. The van der Waals surface area contributed by atoms with Crippen molar-refractivity contribution < 1.29 is 8.42 Å².